The second-order valence-corrected chi connectivity index (χ2v) is 1.90. The second-order valence-electron chi connectivity index (χ2n) is 1.90. The highest BCUT2D eigenvalue weighted by Crippen LogP contribution is 1.89. The first-order valence-electron chi connectivity index (χ1n) is 3.12. The van der Waals surface area contributed by atoms with E-state index in [2.05, 4.69) is 13.2 Å². The van der Waals surface area contributed by atoms with E-state index in [1.54, 1.807) is 0 Å². The topological polar surface area (TPSA) is 34.1 Å². The number of carbonyl (C=O) groups is 2. The molecule has 0 aliphatic rings. The summed E-state index contributed by atoms with van der Waals surface area (Å²) in [4.78, 5) is 20.4. The fourth-order valence-electron chi connectivity index (χ4n) is 0.352. The molecule has 0 saturated carbocycles. The van der Waals surface area contributed by atoms with Crippen LogP contribution in [0.3, 0.4) is 0 Å². The smallest absolute Gasteiger partial charge is 0.130 e. The van der Waals surface area contributed by atoms with Crippen molar-refractivity contribution in [1.29, 1.82) is 0 Å². The lowest BCUT2D eigenvalue weighted by Crippen LogP contribution is -1.95. The van der Waals surface area contributed by atoms with Gasteiger partial charge in [0.25, 0.3) is 0 Å². The Labute approximate surface area is 61.9 Å². The van der Waals surface area contributed by atoms with E-state index in [-0.39, 0.29) is 11.6 Å². The Kier molecular flexibility index (Phi) is 9.56. The highest BCUT2D eigenvalue weighted by atomic mass is 16.1. The van der Waals surface area contributed by atoms with Crippen LogP contribution < -0.4 is 0 Å². The first-order chi connectivity index (χ1) is 4.63. The minimum atomic E-state index is 0.0835. The van der Waals surface area contributed by atoms with E-state index in [0.29, 0.717) is 12.8 Å². The van der Waals surface area contributed by atoms with Crippen molar-refractivity contribution in [2.75, 3.05) is 0 Å². The zero-order valence-corrected chi connectivity index (χ0v) is 6.64. The quantitative estimate of drug-likeness (QED) is 0.562. The summed E-state index contributed by atoms with van der Waals surface area (Å²) >= 11 is 0. The zero-order valence-electron chi connectivity index (χ0n) is 6.64. The average Bonchev–Trinajstić information content (AvgIpc) is 1.89. The van der Waals surface area contributed by atoms with Crippen LogP contribution in [0.15, 0.2) is 13.2 Å². The lowest BCUT2D eigenvalue weighted by atomic mass is 10.2. The molecule has 0 saturated heterocycles. The molecule has 0 spiro atoms. The number of Topliss-reactive ketones (excluding diaryl/α,β-unsaturated/α-hetero) is 2. The highest BCUT2D eigenvalue weighted by Gasteiger charge is 1.95. The molecule has 0 radical (unpaired) electrons. The molecule has 0 N–H and O–H groups in total. The van der Waals surface area contributed by atoms with Crippen LogP contribution in [0, 0.1) is 0 Å². The maximum absolute atomic E-state index is 10.2. The van der Waals surface area contributed by atoms with E-state index in [1.807, 2.05) is 0 Å². The van der Waals surface area contributed by atoms with E-state index < -0.39 is 0 Å². The number of hydrogen-bond acceptors (Lipinski definition) is 2. The molecule has 10 heavy (non-hydrogen) atoms. The van der Waals surface area contributed by atoms with Crippen molar-refractivity contribution in [3.63, 3.8) is 0 Å². The normalized spacial score (nSPS) is 7.40. The van der Waals surface area contributed by atoms with Crippen molar-refractivity contribution in [3.8, 4) is 0 Å². The molecule has 0 aliphatic carbocycles. The first kappa shape index (κ1) is 11.8. The fraction of sp³-hybridized carbons (Fsp3) is 0.500. The SMILES string of the molecule is C=C.CC(=O)CCC(C)=O. The summed E-state index contributed by atoms with van der Waals surface area (Å²) in [6.07, 6.45) is 0.796. The van der Waals surface area contributed by atoms with Crippen molar-refractivity contribution in [2.45, 2.75) is 26.7 Å². The van der Waals surface area contributed by atoms with Gasteiger partial charge in [-0.1, -0.05) is 0 Å². The number of carbonyl (C=O) groups excluding carboxylic acids is 2. The summed E-state index contributed by atoms with van der Waals surface area (Å²) in [5.74, 6) is 0.167. The van der Waals surface area contributed by atoms with Gasteiger partial charge in [0.15, 0.2) is 0 Å². The Morgan fingerprint density at radius 3 is 1.30 bits per heavy atom. The monoisotopic (exact) mass is 142 g/mol. The molecule has 0 unspecified atom stereocenters. The Morgan fingerprint density at radius 1 is 1.00 bits per heavy atom. The third kappa shape index (κ3) is 15.7. The van der Waals surface area contributed by atoms with Crippen LogP contribution in [0.25, 0.3) is 0 Å². The third-order valence-corrected chi connectivity index (χ3v) is 0.829. The molecule has 0 amide bonds. The van der Waals surface area contributed by atoms with Crippen LogP contribution in [0.5, 0.6) is 0 Å². The van der Waals surface area contributed by atoms with Gasteiger partial charge in [0.1, 0.15) is 11.6 Å². The minimum Gasteiger partial charge on any atom is -0.300 e. The van der Waals surface area contributed by atoms with E-state index >= 15 is 0 Å². The van der Waals surface area contributed by atoms with Gasteiger partial charge >= 0.3 is 0 Å². The van der Waals surface area contributed by atoms with Gasteiger partial charge in [-0.15, -0.1) is 13.2 Å². The van der Waals surface area contributed by atoms with Gasteiger partial charge in [-0.25, -0.2) is 0 Å². The fourth-order valence-corrected chi connectivity index (χ4v) is 0.352. The molecule has 0 aromatic carbocycles. The van der Waals surface area contributed by atoms with Crippen molar-refractivity contribution < 1.29 is 9.59 Å². The van der Waals surface area contributed by atoms with E-state index in [1.165, 1.54) is 13.8 Å². The van der Waals surface area contributed by atoms with Crippen molar-refractivity contribution in [3.05, 3.63) is 13.2 Å². The Bertz CT molecular complexity index is 102. The number of ketones is 2. The maximum Gasteiger partial charge on any atom is 0.130 e. The van der Waals surface area contributed by atoms with Gasteiger partial charge in [-0.2, -0.15) is 0 Å². The van der Waals surface area contributed by atoms with E-state index in [9.17, 15) is 9.59 Å². The lowest BCUT2D eigenvalue weighted by molar-refractivity contribution is -0.122. The summed E-state index contributed by atoms with van der Waals surface area (Å²) in [7, 11) is 0. The molecule has 0 fully saturated rings. The Morgan fingerprint density at radius 2 is 1.20 bits per heavy atom. The molecule has 0 aliphatic heterocycles. The predicted octanol–water partition coefficient (Wildman–Crippen LogP) is 1.75. The molecule has 0 atom stereocenters. The largest absolute Gasteiger partial charge is 0.300 e. The molecule has 0 aromatic heterocycles. The van der Waals surface area contributed by atoms with Crippen LogP contribution in [0.1, 0.15) is 26.7 Å². The number of rotatable bonds is 3. The zero-order chi connectivity index (χ0) is 8.57. The number of hydrogen-bond donors (Lipinski definition) is 0. The van der Waals surface area contributed by atoms with Crippen molar-refractivity contribution in [1.82, 2.24) is 0 Å². The molecule has 58 valence electrons. The van der Waals surface area contributed by atoms with E-state index in [0.717, 1.165) is 0 Å². The Balaban J connectivity index is 0. The van der Waals surface area contributed by atoms with Gasteiger partial charge in [-0.3, -0.25) is 0 Å². The molecule has 0 bridgehead atoms. The predicted molar refractivity (Wildman–Crippen MR) is 41.9 cm³/mol. The van der Waals surface area contributed by atoms with Gasteiger partial charge in [0.05, 0.1) is 0 Å². The molecule has 0 rings (SSSR count). The van der Waals surface area contributed by atoms with Crippen LogP contribution in [0.4, 0.5) is 0 Å². The molecule has 2 nitrogen and oxygen atoms in total. The molecule has 2 heteroatoms. The summed E-state index contributed by atoms with van der Waals surface area (Å²) < 4.78 is 0. The summed E-state index contributed by atoms with van der Waals surface area (Å²) in [5, 5.41) is 0. The molecule has 0 aromatic rings. The summed E-state index contributed by atoms with van der Waals surface area (Å²) in [6.45, 7) is 8.98. The van der Waals surface area contributed by atoms with Crippen molar-refractivity contribution >= 4 is 11.6 Å². The maximum atomic E-state index is 10.2. The standard InChI is InChI=1S/C6H10O2.C2H4/c1-5(7)3-4-6(2)8;1-2/h3-4H2,1-2H3;1-2H2. The Hall–Kier alpha value is -0.920. The van der Waals surface area contributed by atoms with Crippen LogP contribution >= 0.6 is 0 Å². The van der Waals surface area contributed by atoms with Gasteiger partial charge in [0.2, 0.25) is 0 Å². The third-order valence-electron chi connectivity index (χ3n) is 0.829. The van der Waals surface area contributed by atoms with E-state index in [4.69, 9.17) is 0 Å². The van der Waals surface area contributed by atoms with Crippen LogP contribution in [-0.4, -0.2) is 11.6 Å². The van der Waals surface area contributed by atoms with Gasteiger partial charge < -0.3 is 9.59 Å². The summed E-state index contributed by atoms with van der Waals surface area (Å²) in [6, 6.07) is 0. The van der Waals surface area contributed by atoms with Gasteiger partial charge in [0, 0.05) is 12.8 Å². The molecular weight excluding hydrogens is 128 g/mol. The van der Waals surface area contributed by atoms with Crippen LogP contribution in [-0.2, 0) is 9.59 Å². The molecular formula is C8H14O2. The minimum absolute atomic E-state index is 0.0835. The average molecular weight is 142 g/mol. The van der Waals surface area contributed by atoms with Crippen LogP contribution in [0.2, 0.25) is 0 Å². The highest BCUT2D eigenvalue weighted by molar-refractivity contribution is 5.83. The second kappa shape index (κ2) is 8.08. The lowest BCUT2D eigenvalue weighted by Gasteiger charge is -1.86. The van der Waals surface area contributed by atoms with Crippen molar-refractivity contribution in [2.24, 2.45) is 0 Å². The summed E-state index contributed by atoms with van der Waals surface area (Å²) in [5.41, 5.74) is 0. The molecule has 0 heterocycles. The first-order valence-corrected chi connectivity index (χ1v) is 3.12. The van der Waals surface area contributed by atoms with Gasteiger partial charge in [-0.05, 0) is 13.8 Å².